The third kappa shape index (κ3) is 5.04. The van der Waals surface area contributed by atoms with Crippen LogP contribution >= 0.6 is 0 Å². The molecular formula is C20H25FN4O2. The summed E-state index contributed by atoms with van der Waals surface area (Å²) >= 11 is 0. The van der Waals surface area contributed by atoms with Crippen molar-refractivity contribution in [1.29, 1.82) is 0 Å². The zero-order valence-corrected chi connectivity index (χ0v) is 15.7. The highest BCUT2D eigenvalue weighted by Crippen LogP contribution is 2.37. The summed E-state index contributed by atoms with van der Waals surface area (Å²) in [6.45, 7) is 3.45. The second kappa shape index (κ2) is 8.49. The van der Waals surface area contributed by atoms with Gasteiger partial charge in [-0.15, -0.1) is 12.3 Å². The van der Waals surface area contributed by atoms with Crippen molar-refractivity contribution in [1.82, 2.24) is 9.80 Å². The minimum Gasteiger partial charge on any atom is -0.496 e. The number of amides is 1. The highest BCUT2D eigenvalue weighted by atomic mass is 19.1. The Morgan fingerprint density at radius 3 is 2.67 bits per heavy atom. The summed E-state index contributed by atoms with van der Waals surface area (Å²) in [4.78, 5) is 16.6. The smallest absolute Gasteiger partial charge is 0.222 e. The highest BCUT2D eigenvalue weighted by Gasteiger charge is 2.39. The average Bonchev–Trinajstić information content (AvgIpc) is 3.46. The molecule has 1 saturated heterocycles. The summed E-state index contributed by atoms with van der Waals surface area (Å²) in [6, 6.07) is 4.55. The van der Waals surface area contributed by atoms with Crippen LogP contribution in [0.15, 0.2) is 28.4 Å². The molecule has 2 heterocycles. The molecule has 0 atom stereocenters. The summed E-state index contributed by atoms with van der Waals surface area (Å²) in [5.41, 5.74) is 0.419. The van der Waals surface area contributed by atoms with Crippen molar-refractivity contribution in [2.75, 3.05) is 33.3 Å². The lowest BCUT2D eigenvalue weighted by atomic mass is 10.0. The molecule has 0 unspecified atom stereocenters. The number of terminal acetylenes is 1. The Morgan fingerprint density at radius 2 is 2.04 bits per heavy atom. The van der Waals surface area contributed by atoms with Crippen LogP contribution in [0.1, 0.15) is 31.2 Å². The van der Waals surface area contributed by atoms with E-state index in [1.807, 2.05) is 4.90 Å². The summed E-state index contributed by atoms with van der Waals surface area (Å²) in [6.07, 6.45) is 7.71. The monoisotopic (exact) mass is 372 g/mol. The number of carbonyl (C=O) groups is 1. The molecule has 6 nitrogen and oxygen atoms in total. The first-order valence-corrected chi connectivity index (χ1v) is 9.25. The Balaban J connectivity index is 1.44. The van der Waals surface area contributed by atoms with Gasteiger partial charge < -0.3 is 9.64 Å². The number of piperazine rings is 1. The molecule has 7 heteroatoms. The number of hydrogen-bond donors (Lipinski definition) is 0. The molecule has 0 saturated carbocycles. The van der Waals surface area contributed by atoms with Gasteiger partial charge in [-0.1, -0.05) is 0 Å². The van der Waals surface area contributed by atoms with Gasteiger partial charge in [0.25, 0.3) is 0 Å². The Labute approximate surface area is 159 Å². The predicted molar refractivity (Wildman–Crippen MR) is 99.7 cm³/mol. The van der Waals surface area contributed by atoms with E-state index in [1.54, 1.807) is 13.2 Å². The van der Waals surface area contributed by atoms with E-state index in [0.717, 1.165) is 25.1 Å². The van der Waals surface area contributed by atoms with Crippen LogP contribution in [0, 0.1) is 18.2 Å². The van der Waals surface area contributed by atoms with Gasteiger partial charge in [0.1, 0.15) is 11.6 Å². The van der Waals surface area contributed by atoms with Crippen LogP contribution in [0.3, 0.4) is 0 Å². The zero-order chi connectivity index (χ0) is 19.3. The lowest BCUT2D eigenvalue weighted by Crippen LogP contribution is -2.48. The molecule has 0 aliphatic carbocycles. The molecule has 0 radical (unpaired) electrons. The van der Waals surface area contributed by atoms with Gasteiger partial charge in [-0.2, -0.15) is 10.2 Å². The average molecular weight is 372 g/mol. The molecule has 3 rings (SSSR count). The molecule has 0 spiro atoms. The molecule has 144 valence electrons. The van der Waals surface area contributed by atoms with E-state index in [9.17, 15) is 9.18 Å². The number of benzene rings is 1. The van der Waals surface area contributed by atoms with Crippen LogP contribution in [-0.4, -0.2) is 54.7 Å². The van der Waals surface area contributed by atoms with E-state index in [2.05, 4.69) is 21.0 Å². The molecule has 2 aliphatic rings. The number of rotatable bonds is 8. The lowest BCUT2D eigenvalue weighted by molar-refractivity contribution is -0.133. The van der Waals surface area contributed by atoms with Gasteiger partial charge in [-0.05, 0) is 18.2 Å². The van der Waals surface area contributed by atoms with Crippen molar-refractivity contribution in [3.05, 3.63) is 29.6 Å². The molecule has 1 aromatic rings. The SMILES string of the molecule is C#CCCC1(CCC(=O)N2CCN(Cc3cc(F)ccc3OC)CC2)N=N1. The van der Waals surface area contributed by atoms with Gasteiger partial charge >= 0.3 is 0 Å². The Morgan fingerprint density at radius 1 is 1.30 bits per heavy atom. The molecule has 1 amide bonds. The second-order valence-corrected chi connectivity index (χ2v) is 7.00. The predicted octanol–water partition coefficient (Wildman–Crippen LogP) is 2.83. The summed E-state index contributed by atoms with van der Waals surface area (Å²) in [5.74, 6) is 3.15. The first-order valence-electron chi connectivity index (χ1n) is 9.25. The number of carbonyl (C=O) groups excluding carboxylic acids is 1. The molecule has 0 aromatic heterocycles. The van der Waals surface area contributed by atoms with E-state index in [0.29, 0.717) is 44.6 Å². The van der Waals surface area contributed by atoms with Crippen LogP contribution < -0.4 is 4.74 Å². The van der Waals surface area contributed by atoms with Crippen LogP contribution in [0.4, 0.5) is 4.39 Å². The third-order valence-electron chi connectivity index (χ3n) is 5.15. The van der Waals surface area contributed by atoms with E-state index in [1.165, 1.54) is 12.1 Å². The maximum absolute atomic E-state index is 13.5. The maximum Gasteiger partial charge on any atom is 0.222 e. The molecule has 27 heavy (non-hydrogen) atoms. The van der Waals surface area contributed by atoms with Crippen LogP contribution in [0.25, 0.3) is 0 Å². The van der Waals surface area contributed by atoms with Crippen molar-refractivity contribution < 1.29 is 13.9 Å². The number of hydrogen-bond acceptors (Lipinski definition) is 5. The van der Waals surface area contributed by atoms with Gasteiger partial charge in [0, 0.05) is 64.0 Å². The zero-order valence-electron chi connectivity index (χ0n) is 15.7. The van der Waals surface area contributed by atoms with Crippen molar-refractivity contribution in [3.8, 4) is 18.1 Å². The molecule has 1 fully saturated rings. The normalized spacial score (nSPS) is 18.2. The van der Waals surface area contributed by atoms with E-state index >= 15 is 0 Å². The first kappa shape index (κ1) is 19.3. The molecule has 0 N–H and O–H groups in total. The van der Waals surface area contributed by atoms with Gasteiger partial charge in [0.15, 0.2) is 5.66 Å². The maximum atomic E-state index is 13.5. The van der Waals surface area contributed by atoms with Gasteiger partial charge in [-0.25, -0.2) is 4.39 Å². The number of ether oxygens (including phenoxy) is 1. The summed E-state index contributed by atoms with van der Waals surface area (Å²) in [5, 5.41) is 8.16. The van der Waals surface area contributed by atoms with Gasteiger partial charge in [0.2, 0.25) is 5.91 Å². The summed E-state index contributed by atoms with van der Waals surface area (Å²) in [7, 11) is 1.59. The summed E-state index contributed by atoms with van der Waals surface area (Å²) < 4.78 is 18.8. The fraction of sp³-hybridized carbons (Fsp3) is 0.550. The van der Waals surface area contributed by atoms with Gasteiger partial charge in [-0.3, -0.25) is 9.69 Å². The fourth-order valence-corrected chi connectivity index (χ4v) is 3.40. The third-order valence-corrected chi connectivity index (χ3v) is 5.15. The first-order chi connectivity index (χ1) is 13.0. The van der Waals surface area contributed by atoms with Crippen LogP contribution in [0.5, 0.6) is 5.75 Å². The highest BCUT2D eigenvalue weighted by molar-refractivity contribution is 5.76. The van der Waals surface area contributed by atoms with Crippen molar-refractivity contribution in [2.24, 2.45) is 10.2 Å². The minimum absolute atomic E-state index is 0.135. The molecule has 2 aliphatic heterocycles. The molecule has 0 bridgehead atoms. The molecule has 1 aromatic carbocycles. The van der Waals surface area contributed by atoms with Crippen LogP contribution in [-0.2, 0) is 11.3 Å². The van der Waals surface area contributed by atoms with Crippen LogP contribution in [0.2, 0.25) is 0 Å². The van der Waals surface area contributed by atoms with E-state index in [-0.39, 0.29) is 11.7 Å². The Hall–Kier alpha value is -2.46. The quantitative estimate of drug-likeness (QED) is 0.660. The number of halogens is 1. The second-order valence-electron chi connectivity index (χ2n) is 7.00. The van der Waals surface area contributed by atoms with Gasteiger partial charge in [0.05, 0.1) is 7.11 Å². The molecular weight excluding hydrogens is 347 g/mol. The van der Waals surface area contributed by atoms with E-state index < -0.39 is 5.66 Å². The lowest BCUT2D eigenvalue weighted by Gasteiger charge is -2.35. The standard InChI is InChI=1S/C20H25FN4O2/c1-3-4-8-20(22-23-20)9-7-19(26)25-12-10-24(11-13-25)15-16-14-17(21)5-6-18(16)27-2/h1,5-6,14H,4,7-13,15H2,2H3. The van der Waals surface area contributed by atoms with Crippen molar-refractivity contribution >= 4 is 5.91 Å². The van der Waals surface area contributed by atoms with Crippen molar-refractivity contribution in [3.63, 3.8) is 0 Å². The van der Waals surface area contributed by atoms with E-state index in [4.69, 9.17) is 11.2 Å². The number of nitrogens with zero attached hydrogens (tertiary/aromatic N) is 4. The number of methoxy groups -OCH3 is 1. The fourth-order valence-electron chi connectivity index (χ4n) is 3.40. The topological polar surface area (TPSA) is 57.5 Å². The van der Waals surface area contributed by atoms with Crippen molar-refractivity contribution in [2.45, 2.75) is 37.9 Å². The Kier molecular flexibility index (Phi) is 6.07. The Bertz CT molecular complexity index is 745. The minimum atomic E-state index is -0.405. The largest absolute Gasteiger partial charge is 0.496 e.